The normalized spacial score (nSPS) is 15.8. The maximum absolute atomic E-state index is 12.0. The van der Waals surface area contributed by atoms with Crippen molar-refractivity contribution in [3.8, 4) is 11.8 Å². The van der Waals surface area contributed by atoms with Crippen LogP contribution in [0.5, 0.6) is 0 Å². The van der Waals surface area contributed by atoms with Crippen LogP contribution >= 0.6 is 0 Å². The third-order valence-electron chi connectivity index (χ3n) is 3.09. The van der Waals surface area contributed by atoms with Crippen molar-refractivity contribution in [2.24, 2.45) is 5.73 Å². The number of amides is 1. The van der Waals surface area contributed by atoms with Gasteiger partial charge in [0.2, 0.25) is 5.91 Å². The molecule has 3 nitrogen and oxygen atoms in total. The molecule has 0 bridgehead atoms. The number of carbonyl (C=O) groups excluding carboxylic acids is 1. The van der Waals surface area contributed by atoms with Gasteiger partial charge in [0.25, 0.3) is 0 Å². The van der Waals surface area contributed by atoms with E-state index in [-0.39, 0.29) is 5.91 Å². The zero-order valence-electron chi connectivity index (χ0n) is 10.5. The van der Waals surface area contributed by atoms with E-state index in [1.54, 1.807) is 0 Å². The molecule has 3 heteroatoms. The van der Waals surface area contributed by atoms with Gasteiger partial charge in [0.15, 0.2) is 0 Å². The van der Waals surface area contributed by atoms with E-state index in [4.69, 9.17) is 5.73 Å². The molecule has 0 aromatic heterocycles. The largest absolute Gasteiger partial charge is 0.320 e. The number of benzene rings is 1. The van der Waals surface area contributed by atoms with Crippen molar-refractivity contribution in [1.82, 2.24) is 0 Å². The molecule has 1 aliphatic rings. The summed E-state index contributed by atoms with van der Waals surface area (Å²) in [5, 5.41) is 0. The van der Waals surface area contributed by atoms with Crippen LogP contribution in [0.1, 0.15) is 31.2 Å². The molecule has 0 aliphatic carbocycles. The Bertz CT molecular complexity index is 468. The lowest BCUT2D eigenvalue weighted by Crippen LogP contribution is -2.29. The third kappa shape index (κ3) is 3.12. The van der Waals surface area contributed by atoms with E-state index in [1.807, 2.05) is 29.2 Å². The molecule has 0 unspecified atom stereocenters. The zero-order chi connectivity index (χ0) is 12.8. The van der Waals surface area contributed by atoms with Crippen molar-refractivity contribution < 1.29 is 4.79 Å². The van der Waals surface area contributed by atoms with Crippen molar-refractivity contribution in [3.63, 3.8) is 0 Å². The first-order valence-electron chi connectivity index (χ1n) is 6.40. The molecular weight excluding hydrogens is 224 g/mol. The Morgan fingerprint density at radius 2 is 1.94 bits per heavy atom. The van der Waals surface area contributed by atoms with E-state index in [0.717, 1.165) is 37.1 Å². The second-order valence-corrected chi connectivity index (χ2v) is 4.41. The van der Waals surface area contributed by atoms with Crippen LogP contribution < -0.4 is 10.6 Å². The Morgan fingerprint density at radius 3 is 2.67 bits per heavy atom. The third-order valence-corrected chi connectivity index (χ3v) is 3.09. The van der Waals surface area contributed by atoms with Crippen LogP contribution in [-0.4, -0.2) is 19.0 Å². The van der Waals surface area contributed by atoms with Crippen LogP contribution in [0.25, 0.3) is 0 Å². The molecule has 18 heavy (non-hydrogen) atoms. The average molecular weight is 242 g/mol. The SMILES string of the molecule is NCC#Cc1ccc(N2CCCCCC2=O)cc1. The number of nitrogens with two attached hydrogens (primary N) is 1. The molecule has 1 heterocycles. The maximum atomic E-state index is 12.0. The number of rotatable bonds is 1. The van der Waals surface area contributed by atoms with Gasteiger partial charge in [-0.05, 0) is 37.1 Å². The first-order valence-corrected chi connectivity index (χ1v) is 6.40. The van der Waals surface area contributed by atoms with Gasteiger partial charge in [-0.2, -0.15) is 0 Å². The summed E-state index contributed by atoms with van der Waals surface area (Å²) in [4.78, 5) is 13.8. The monoisotopic (exact) mass is 242 g/mol. The highest BCUT2D eigenvalue weighted by Crippen LogP contribution is 2.20. The number of anilines is 1. The van der Waals surface area contributed by atoms with E-state index < -0.39 is 0 Å². The fraction of sp³-hybridized carbons (Fsp3) is 0.400. The smallest absolute Gasteiger partial charge is 0.226 e. The summed E-state index contributed by atoms with van der Waals surface area (Å²) in [7, 11) is 0. The zero-order valence-corrected chi connectivity index (χ0v) is 10.5. The number of hydrogen-bond donors (Lipinski definition) is 1. The predicted molar refractivity (Wildman–Crippen MR) is 73.2 cm³/mol. The van der Waals surface area contributed by atoms with Crippen molar-refractivity contribution in [1.29, 1.82) is 0 Å². The number of hydrogen-bond acceptors (Lipinski definition) is 2. The van der Waals surface area contributed by atoms with Gasteiger partial charge in [-0.15, -0.1) is 0 Å². The van der Waals surface area contributed by atoms with Gasteiger partial charge in [0, 0.05) is 24.2 Å². The van der Waals surface area contributed by atoms with Crippen LogP contribution in [0.3, 0.4) is 0 Å². The topological polar surface area (TPSA) is 46.3 Å². The maximum Gasteiger partial charge on any atom is 0.226 e. The van der Waals surface area contributed by atoms with Crippen molar-refractivity contribution in [3.05, 3.63) is 29.8 Å². The van der Waals surface area contributed by atoms with Crippen molar-refractivity contribution in [2.75, 3.05) is 18.0 Å². The quantitative estimate of drug-likeness (QED) is 0.765. The van der Waals surface area contributed by atoms with Gasteiger partial charge in [-0.25, -0.2) is 0 Å². The van der Waals surface area contributed by atoms with Gasteiger partial charge < -0.3 is 10.6 Å². The van der Waals surface area contributed by atoms with E-state index in [0.29, 0.717) is 13.0 Å². The van der Waals surface area contributed by atoms with E-state index >= 15 is 0 Å². The molecule has 2 rings (SSSR count). The number of nitrogens with zero attached hydrogens (tertiary/aromatic N) is 1. The minimum absolute atomic E-state index is 0.230. The van der Waals surface area contributed by atoms with Gasteiger partial charge >= 0.3 is 0 Å². The summed E-state index contributed by atoms with van der Waals surface area (Å²) in [6.45, 7) is 1.19. The molecule has 94 valence electrons. The Kier molecular flexibility index (Phi) is 4.38. The molecule has 1 aromatic carbocycles. The summed E-state index contributed by atoms with van der Waals surface area (Å²) in [6, 6.07) is 7.81. The molecule has 0 radical (unpaired) electrons. The van der Waals surface area contributed by atoms with Crippen LogP contribution in [0, 0.1) is 11.8 Å². The Balaban J connectivity index is 2.15. The van der Waals surface area contributed by atoms with Crippen molar-refractivity contribution >= 4 is 11.6 Å². The van der Waals surface area contributed by atoms with Gasteiger partial charge in [-0.3, -0.25) is 4.79 Å². The highest BCUT2D eigenvalue weighted by Gasteiger charge is 2.17. The fourth-order valence-electron chi connectivity index (χ4n) is 2.13. The molecule has 0 saturated carbocycles. The van der Waals surface area contributed by atoms with E-state index in [9.17, 15) is 4.79 Å². The van der Waals surface area contributed by atoms with Crippen LogP contribution in [-0.2, 0) is 4.79 Å². The summed E-state index contributed by atoms with van der Waals surface area (Å²) >= 11 is 0. The lowest BCUT2D eigenvalue weighted by atomic mass is 10.2. The first kappa shape index (κ1) is 12.7. The number of carbonyl (C=O) groups is 1. The first-order chi connectivity index (χ1) is 8.81. The molecule has 1 aromatic rings. The molecule has 1 amide bonds. The van der Waals surface area contributed by atoms with E-state index in [1.165, 1.54) is 0 Å². The van der Waals surface area contributed by atoms with Gasteiger partial charge in [-0.1, -0.05) is 18.3 Å². The lowest BCUT2D eigenvalue weighted by Gasteiger charge is -2.20. The summed E-state index contributed by atoms with van der Waals surface area (Å²) in [5.74, 6) is 6.03. The Hall–Kier alpha value is -1.79. The van der Waals surface area contributed by atoms with E-state index in [2.05, 4.69) is 11.8 Å². The molecule has 1 saturated heterocycles. The van der Waals surface area contributed by atoms with Crippen LogP contribution in [0.2, 0.25) is 0 Å². The van der Waals surface area contributed by atoms with Crippen LogP contribution in [0.15, 0.2) is 24.3 Å². The fourth-order valence-corrected chi connectivity index (χ4v) is 2.13. The highest BCUT2D eigenvalue weighted by atomic mass is 16.2. The minimum Gasteiger partial charge on any atom is -0.320 e. The molecule has 2 N–H and O–H groups in total. The average Bonchev–Trinajstić information content (AvgIpc) is 2.62. The second kappa shape index (κ2) is 6.23. The van der Waals surface area contributed by atoms with Crippen LogP contribution in [0.4, 0.5) is 5.69 Å². The summed E-state index contributed by atoms with van der Waals surface area (Å²) in [6.07, 6.45) is 3.90. The molecule has 1 aliphatic heterocycles. The Morgan fingerprint density at radius 1 is 1.17 bits per heavy atom. The standard InChI is InChI=1S/C15H18N2O/c16-11-4-5-13-7-9-14(10-8-13)17-12-3-1-2-6-15(17)18/h7-10H,1-3,6,11-12,16H2. The predicted octanol–water partition coefficient (Wildman–Crippen LogP) is 1.90. The molecule has 0 spiro atoms. The molecule has 0 atom stereocenters. The molecular formula is C15H18N2O. The minimum atomic E-state index is 0.230. The Labute approximate surface area is 108 Å². The van der Waals surface area contributed by atoms with Crippen molar-refractivity contribution in [2.45, 2.75) is 25.7 Å². The second-order valence-electron chi connectivity index (χ2n) is 4.41. The molecule has 1 fully saturated rings. The van der Waals surface area contributed by atoms with Gasteiger partial charge in [0.1, 0.15) is 0 Å². The highest BCUT2D eigenvalue weighted by molar-refractivity contribution is 5.93. The van der Waals surface area contributed by atoms with Gasteiger partial charge in [0.05, 0.1) is 6.54 Å². The summed E-state index contributed by atoms with van der Waals surface area (Å²) < 4.78 is 0. The summed E-state index contributed by atoms with van der Waals surface area (Å²) in [5.41, 5.74) is 7.24. The lowest BCUT2D eigenvalue weighted by molar-refractivity contribution is -0.118.